The first-order valence-electron chi connectivity index (χ1n) is 6.02. The molecule has 8 heteroatoms. The van der Waals surface area contributed by atoms with Crippen molar-refractivity contribution in [1.82, 2.24) is 15.1 Å². The van der Waals surface area contributed by atoms with Gasteiger partial charge in [-0.3, -0.25) is 9.48 Å². The third-order valence-electron chi connectivity index (χ3n) is 2.56. The number of amides is 1. The highest BCUT2D eigenvalue weighted by Crippen LogP contribution is 2.09. The van der Waals surface area contributed by atoms with Crippen LogP contribution in [0, 0.1) is 12.8 Å². The first-order chi connectivity index (χ1) is 8.70. The van der Waals surface area contributed by atoms with Crippen molar-refractivity contribution < 1.29 is 13.2 Å². The van der Waals surface area contributed by atoms with E-state index in [1.54, 1.807) is 4.68 Å². The lowest BCUT2D eigenvalue weighted by Gasteiger charge is -2.08. The number of carbonyl (C=O) groups is 1. The Morgan fingerprint density at radius 3 is 2.68 bits per heavy atom. The molecule has 7 nitrogen and oxygen atoms in total. The number of hydrogen-bond acceptors (Lipinski definition) is 4. The van der Waals surface area contributed by atoms with E-state index in [1.807, 2.05) is 6.92 Å². The zero-order valence-corrected chi connectivity index (χ0v) is 12.2. The van der Waals surface area contributed by atoms with Crippen LogP contribution >= 0.6 is 0 Å². The van der Waals surface area contributed by atoms with Gasteiger partial charge in [-0.15, -0.1) is 0 Å². The summed E-state index contributed by atoms with van der Waals surface area (Å²) in [6.45, 7) is 6.66. The Morgan fingerprint density at radius 2 is 2.16 bits per heavy atom. The van der Waals surface area contributed by atoms with Gasteiger partial charge in [-0.1, -0.05) is 13.8 Å². The zero-order chi connectivity index (χ0) is 14.6. The summed E-state index contributed by atoms with van der Waals surface area (Å²) in [5, 5.41) is 11.5. The summed E-state index contributed by atoms with van der Waals surface area (Å²) in [5.74, 6) is -0.189. The normalized spacial score (nSPS) is 11.8. The molecule has 1 aromatic heterocycles. The summed E-state index contributed by atoms with van der Waals surface area (Å²) in [6.07, 6.45) is 1.49. The maximum absolute atomic E-state index is 11.9. The average Bonchev–Trinajstić information content (AvgIpc) is 2.58. The van der Waals surface area contributed by atoms with Crippen LogP contribution in [0.2, 0.25) is 0 Å². The summed E-state index contributed by atoms with van der Waals surface area (Å²) < 4.78 is 23.3. The van der Waals surface area contributed by atoms with E-state index in [1.165, 1.54) is 6.20 Å². The van der Waals surface area contributed by atoms with Crippen molar-refractivity contribution >= 4 is 15.9 Å². The van der Waals surface area contributed by atoms with Gasteiger partial charge in [0, 0.05) is 18.8 Å². The number of aromatic nitrogens is 2. The van der Waals surface area contributed by atoms with E-state index in [2.05, 4.69) is 24.3 Å². The lowest BCUT2D eigenvalue weighted by molar-refractivity contribution is 0.0955. The number of hydrogen-bond donors (Lipinski definition) is 2. The second kappa shape index (κ2) is 6.16. The fourth-order valence-electron chi connectivity index (χ4n) is 1.60. The van der Waals surface area contributed by atoms with Crippen molar-refractivity contribution in [2.45, 2.75) is 27.3 Å². The van der Waals surface area contributed by atoms with Gasteiger partial charge in [-0.25, -0.2) is 13.6 Å². The van der Waals surface area contributed by atoms with Crippen LogP contribution in [-0.4, -0.2) is 36.4 Å². The van der Waals surface area contributed by atoms with E-state index in [4.69, 9.17) is 5.14 Å². The van der Waals surface area contributed by atoms with E-state index in [0.29, 0.717) is 11.5 Å². The molecule has 19 heavy (non-hydrogen) atoms. The lowest BCUT2D eigenvalue weighted by Crippen LogP contribution is -2.31. The van der Waals surface area contributed by atoms with Gasteiger partial charge >= 0.3 is 0 Å². The van der Waals surface area contributed by atoms with Crippen molar-refractivity contribution in [2.24, 2.45) is 11.1 Å². The molecule has 0 aliphatic heterocycles. The highest BCUT2D eigenvalue weighted by molar-refractivity contribution is 7.89. The van der Waals surface area contributed by atoms with Gasteiger partial charge < -0.3 is 5.32 Å². The summed E-state index contributed by atoms with van der Waals surface area (Å²) in [7, 11) is -3.56. The monoisotopic (exact) mass is 288 g/mol. The first kappa shape index (κ1) is 15.6. The van der Waals surface area contributed by atoms with Crippen molar-refractivity contribution in [2.75, 3.05) is 12.3 Å². The van der Waals surface area contributed by atoms with Crippen LogP contribution in [0.5, 0.6) is 0 Å². The van der Waals surface area contributed by atoms with E-state index in [9.17, 15) is 13.2 Å². The Hall–Kier alpha value is -1.41. The van der Waals surface area contributed by atoms with Gasteiger partial charge in [-0.2, -0.15) is 5.10 Å². The summed E-state index contributed by atoms with van der Waals surface area (Å²) >= 11 is 0. The predicted molar refractivity (Wildman–Crippen MR) is 72.1 cm³/mol. The molecule has 0 unspecified atom stereocenters. The van der Waals surface area contributed by atoms with Crippen molar-refractivity contribution in [1.29, 1.82) is 0 Å². The minimum absolute atomic E-state index is 0.00747. The van der Waals surface area contributed by atoms with Crippen molar-refractivity contribution in [3.63, 3.8) is 0 Å². The fourth-order valence-corrected chi connectivity index (χ4v) is 1.99. The molecule has 0 bridgehead atoms. The number of rotatable bonds is 6. The molecular weight excluding hydrogens is 268 g/mol. The second-order valence-electron chi connectivity index (χ2n) is 4.84. The van der Waals surface area contributed by atoms with E-state index in [0.717, 1.165) is 12.2 Å². The molecule has 1 amide bonds. The number of carbonyl (C=O) groups excluding carboxylic acids is 1. The molecule has 1 rings (SSSR count). The molecule has 0 aliphatic carbocycles. The number of nitrogens with one attached hydrogen (secondary N) is 1. The van der Waals surface area contributed by atoms with Crippen LogP contribution in [0.4, 0.5) is 0 Å². The zero-order valence-electron chi connectivity index (χ0n) is 11.4. The predicted octanol–water partition coefficient (Wildman–Crippen LogP) is -0.134. The van der Waals surface area contributed by atoms with Crippen LogP contribution in [0.25, 0.3) is 0 Å². The highest BCUT2D eigenvalue weighted by Gasteiger charge is 2.15. The average molecular weight is 288 g/mol. The van der Waals surface area contributed by atoms with Gasteiger partial charge in [0.2, 0.25) is 10.0 Å². The quantitative estimate of drug-likeness (QED) is 0.760. The number of nitrogens with two attached hydrogens (primary N) is 1. The van der Waals surface area contributed by atoms with Gasteiger partial charge in [-0.05, 0) is 12.8 Å². The number of primary sulfonamides is 1. The molecule has 0 saturated heterocycles. The SMILES string of the molecule is Cc1c(C(=O)NCCS(N)(=O)=O)cnn1CC(C)C. The standard InChI is InChI=1S/C11H20N4O3S/c1-8(2)7-15-9(3)10(6-14-15)11(16)13-4-5-19(12,17)18/h6,8H,4-5,7H2,1-3H3,(H,13,16)(H2,12,17,18). The molecule has 0 aliphatic rings. The first-order valence-corrected chi connectivity index (χ1v) is 7.73. The largest absolute Gasteiger partial charge is 0.351 e. The maximum atomic E-state index is 11.9. The molecule has 0 saturated carbocycles. The minimum atomic E-state index is -3.56. The van der Waals surface area contributed by atoms with Crippen LogP contribution in [0.15, 0.2) is 6.20 Å². The Labute approximate surface area is 113 Å². The molecule has 0 fully saturated rings. The molecule has 3 N–H and O–H groups in total. The third-order valence-corrected chi connectivity index (χ3v) is 3.33. The Balaban J connectivity index is 2.65. The molecule has 0 atom stereocenters. The fraction of sp³-hybridized carbons (Fsp3) is 0.636. The summed E-state index contributed by atoms with van der Waals surface area (Å²) in [5.41, 5.74) is 1.22. The number of nitrogens with zero attached hydrogens (tertiary/aromatic N) is 2. The third kappa shape index (κ3) is 4.99. The maximum Gasteiger partial charge on any atom is 0.254 e. The van der Waals surface area contributed by atoms with Crippen LogP contribution in [0.1, 0.15) is 29.9 Å². The van der Waals surface area contributed by atoms with Crippen LogP contribution in [0.3, 0.4) is 0 Å². The van der Waals surface area contributed by atoms with E-state index in [-0.39, 0.29) is 18.2 Å². The van der Waals surface area contributed by atoms with E-state index < -0.39 is 10.0 Å². The topological polar surface area (TPSA) is 107 Å². The van der Waals surface area contributed by atoms with Gasteiger partial charge in [0.25, 0.3) is 5.91 Å². The highest BCUT2D eigenvalue weighted by atomic mass is 32.2. The van der Waals surface area contributed by atoms with Gasteiger partial charge in [0.15, 0.2) is 0 Å². The summed E-state index contributed by atoms with van der Waals surface area (Å²) in [6, 6.07) is 0. The Kier molecular flexibility index (Phi) is 5.07. The molecule has 108 valence electrons. The van der Waals surface area contributed by atoms with Crippen LogP contribution < -0.4 is 10.5 Å². The molecule has 0 radical (unpaired) electrons. The lowest BCUT2D eigenvalue weighted by atomic mass is 10.2. The van der Waals surface area contributed by atoms with Crippen molar-refractivity contribution in [3.8, 4) is 0 Å². The molecular formula is C11H20N4O3S. The second-order valence-corrected chi connectivity index (χ2v) is 6.58. The molecule has 1 heterocycles. The van der Waals surface area contributed by atoms with E-state index >= 15 is 0 Å². The number of sulfonamides is 1. The Morgan fingerprint density at radius 1 is 1.53 bits per heavy atom. The van der Waals surface area contributed by atoms with Gasteiger partial charge in [0.05, 0.1) is 17.5 Å². The summed E-state index contributed by atoms with van der Waals surface area (Å²) in [4.78, 5) is 11.9. The van der Waals surface area contributed by atoms with Crippen LogP contribution in [-0.2, 0) is 16.6 Å². The minimum Gasteiger partial charge on any atom is -0.351 e. The molecule has 1 aromatic rings. The smallest absolute Gasteiger partial charge is 0.254 e. The Bertz CT molecular complexity index is 548. The molecule has 0 aromatic carbocycles. The van der Waals surface area contributed by atoms with Gasteiger partial charge in [0.1, 0.15) is 0 Å². The molecule has 0 spiro atoms. The van der Waals surface area contributed by atoms with Crippen molar-refractivity contribution in [3.05, 3.63) is 17.5 Å².